The predicted octanol–water partition coefficient (Wildman–Crippen LogP) is 2.67. The van der Waals surface area contributed by atoms with Gasteiger partial charge in [0.25, 0.3) is 0 Å². The minimum atomic E-state index is 0.820. The molecule has 19 heavy (non-hydrogen) atoms. The summed E-state index contributed by atoms with van der Waals surface area (Å²) in [6.45, 7) is 5.36. The second-order valence-electron chi connectivity index (χ2n) is 5.92. The summed E-state index contributed by atoms with van der Waals surface area (Å²) in [6.07, 6.45) is 10.5. The van der Waals surface area contributed by atoms with E-state index in [1.54, 1.807) is 0 Å². The quantitative estimate of drug-likeness (QED) is 0.780. The molecule has 0 unspecified atom stereocenters. The van der Waals surface area contributed by atoms with Crippen molar-refractivity contribution in [1.82, 2.24) is 14.9 Å². The molecule has 0 aromatic carbocycles. The Balaban J connectivity index is 1.54. The summed E-state index contributed by atoms with van der Waals surface area (Å²) in [7, 11) is 0. The Morgan fingerprint density at radius 2 is 2.05 bits per heavy atom. The third kappa shape index (κ3) is 3.90. The van der Waals surface area contributed by atoms with Gasteiger partial charge >= 0.3 is 0 Å². The minimum absolute atomic E-state index is 0.820. The summed E-state index contributed by atoms with van der Waals surface area (Å²) in [5, 5.41) is 3.26. The van der Waals surface area contributed by atoms with E-state index in [0.717, 1.165) is 43.0 Å². The molecule has 2 saturated carbocycles. The highest BCUT2D eigenvalue weighted by Crippen LogP contribution is 2.35. The van der Waals surface area contributed by atoms with Gasteiger partial charge in [-0.15, -0.1) is 0 Å². The molecule has 1 aromatic rings. The van der Waals surface area contributed by atoms with Gasteiger partial charge in [-0.3, -0.25) is 9.88 Å². The predicted molar refractivity (Wildman–Crippen MR) is 77.0 cm³/mol. The number of nitrogens with one attached hydrogen (secondary N) is 1. The summed E-state index contributed by atoms with van der Waals surface area (Å²) in [4.78, 5) is 11.6. The van der Waals surface area contributed by atoms with Crippen LogP contribution in [0.3, 0.4) is 0 Å². The van der Waals surface area contributed by atoms with Gasteiger partial charge in [-0.2, -0.15) is 0 Å². The van der Waals surface area contributed by atoms with Gasteiger partial charge < -0.3 is 5.32 Å². The van der Waals surface area contributed by atoms with Crippen molar-refractivity contribution in [2.45, 2.75) is 51.6 Å². The minimum Gasteiger partial charge on any atom is -0.369 e. The second-order valence-corrected chi connectivity index (χ2v) is 5.92. The first kappa shape index (κ1) is 12.9. The van der Waals surface area contributed by atoms with E-state index in [1.807, 2.05) is 12.4 Å². The Morgan fingerprint density at radius 3 is 2.63 bits per heavy atom. The van der Waals surface area contributed by atoms with Gasteiger partial charge in [-0.25, -0.2) is 4.98 Å². The molecule has 2 aliphatic carbocycles. The molecule has 3 rings (SSSR count). The molecule has 2 aliphatic rings. The Morgan fingerprint density at radius 1 is 1.21 bits per heavy atom. The Labute approximate surface area is 115 Å². The van der Waals surface area contributed by atoms with E-state index in [9.17, 15) is 0 Å². The van der Waals surface area contributed by atoms with Crippen LogP contribution in [0.5, 0.6) is 0 Å². The molecule has 1 aromatic heterocycles. The first-order valence-corrected chi connectivity index (χ1v) is 7.64. The van der Waals surface area contributed by atoms with E-state index in [0.29, 0.717) is 0 Å². The molecule has 0 atom stereocenters. The lowest BCUT2D eigenvalue weighted by atomic mass is 10.3. The fraction of sp³-hybridized carbons (Fsp3) is 0.733. The van der Waals surface area contributed by atoms with E-state index in [4.69, 9.17) is 0 Å². The molecule has 104 valence electrons. The zero-order chi connectivity index (χ0) is 13.1. The van der Waals surface area contributed by atoms with E-state index in [-0.39, 0.29) is 0 Å². The largest absolute Gasteiger partial charge is 0.369 e. The molecule has 4 heteroatoms. The van der Waals surface area contributed by atoms with Crippen molar-refractivity contribution in [3.63, 3.8) is 0 Å². The molecule has 1 N–H and O–H groups in total. The highest BCUT2D eigenvalue weighted by molar-refractivity contribution is 5.30. The van der Waals surface area contributed by atoms with Crippen LogP contribution < -0.4 is 5.32 Å². The van der Waals surface area contributed by atoms with Crippen molar-refractivity contribution in [2.24, 2.45) is 5.92 Å². The maximum atomic E-state index is 4.54. The van der Waals surface area contributed by atoms with Crippen LogP contribution >= 0.6 is 0 Å². The van der Waals surface area contributed by atoms with Gasteiger partial charge in [0.1, 0.15) is 5.82 Å². The molecule has 0 bridgehead atoms. The van der Waals surface area contributed by atoms with Crippen molar-refractivity contribution < 1.29 is 0 Å². The van der Waals surface area contributed by atoms with Crippen molar-refractivity contribution in [3.8, 4) is 0 Å². The van der Waals surface area contributed by atoms with Gasteiger partial charge in [0.05, 0.1) is 18.1 Å². The summed E-state index contributed by atoms with van der Waals surface area (Å²) < 4.78 is 0. The van der Waals surface area contributed by atoms with Crippen LogP contribution in [0.2, 0.25) is 0 Å². The molecule has 2 fully saturated rings. The molecule has 4 nitrogen and oxygen atoms in total. The van der Waals surface area contributed by atoms with Gasteiger partial charge in [0.15, 0.2) is 0 Å². The lowest BCUT2D eigenvalue weighted by Gasteiger charge is -2.21. The molecular weight excluding hydrogens is 236 g/mol. The third-order valence-electron chi connectivity index (χ3n) is 3.88. The Bertz CT molecular complexity index is 395. The lowest BCUT2D eigenvalue weighted by Crippen LogP contribution is -2.28. The maximum absolute atomic E-state index is 4.54. The number of aromatic nitrogens is 2. The van der Waals surface area contributed by atoms with Crippen molar-refractivity contribution in [1.29, 1.82) is 0 Å². The molecule has 0 spiro atoms. The first-order valence-electron chi connectivity index (χ1n) is 7.64. The van der Waals surface area contributed by atoms with Crippen LogP contribution in [0.4, 0.5) is 5.82 Å². The third-order valence-corrected chi connectivity index (χ3v) is 3.88. The summed E-state index contributed by atoms with van der Waals surface area (Å²) >= 11 is 0. The average Bonchev–Trinajstić information content (AvgIpc) is 3.28. The second kappa shape index (κ2) is 5.87. The smallest absolute Gasteiger partial charge is 0.144 e. The van der Waals surface area contributed by atoms with E-state index >= 15 is 0 Å². The monoisotopic (exact) mass is 260 g/mol. The molecular formula is C15H24N4. The Kier molecular flexibility index (Phi) is 3.97. The Hall–Kier alpha value is -1.16. The zero-order valence-corrected chi connectivity index (χ0v) is 11.8. The van der Waals surface area contributed by atoms with Crippen LogP contribution in [0.1, 0.15) is 44.7 Å². The fourth-order valence-electron chi connectivity index (χ4n) is 2.40. The van der Waals surface area contributed by atoms with Crippen molar-refractivity contribution in [2.75, 3.05) is 18.4 Å². The summed E-state index contributed by atoms with van der Waals surface area (Å²) in [5.41, 5.74) is 1.11. The van der Waals surface area contributed by atoms with Gasteiger partial charge in [0.2, 0.25) is 0 Å². The van der Waals surface area contributed by atoms with Gasteiger partial charge in [-0.1, -0.05) is 6.92 Å². The number of rotatable bonds is 8. The van der Waals surface area contributed by atoms with Crippen LogP contribution in [0, 0.1) is 5.92 Å². The van der Waals surface area contributed by atoms with E-state index in [1.165, 1.54) is 32.2 Å². The summed E-state index contributed by atoms with van der Waals surface area (Å²) in [6, 6.07) is 0.820. The van der Waals surface area contributed by atoms with E-state index < -0.39 is 0 Å². The average molecular weight is 260 g/mol. The maximum Gasteiger partial charge on any atom is 0.144 e. The van der Waals surface area contributed by atoms with Gasteiger partial charge in [-0.05, 0) is 38.0 Å². The topological polar surface area (TPSA) is 41.1 Å². The lowest BCUT2D eigenvalue weighted by molar-refractivity contribution is 0.241. The van der Waals surface area contributed by atoms with Crippen LogP contribution in [0.25, 0.3) is 0 Å². The number of anilines is 1. The molecule has 0 radical (unpaired) electrons. The molecule has 0 saturated heterocycles. The van der Waals surface area contributed by atoms with Crippen molar-refractivity contribution in [3.05, 3.63) is 18.1 Å². The van der Waals surface area contributed by atoms with E-state index in [2.05, 4.69) is 27.1 Å². The van der Waals surface area contributed by atoms with Crippen LogP contribution in [-0.2, 0) is 6.54 Å². The number of hydrogen-bond acceptors (Lipinski definition) is 4. The normalized spacial score (nSPS) is 18.8. The highest BCUT2D eigenvalue weighted by Gasteiger charge is 2.33. The van der Waals surface area contributed by atoms with Crippen LogP contribution in [-0.4, -0.2) is 34.0 Å². The number of hydrogen-bond donors (Lipinski definition) is 1. The standard InChI is InChI=1S/C15H24N4/c1-2-7-16-15-9-17-13(8-18-15)11-19(14-5-6-14)10-12-3-4-12/h8-9,12,14H,2-7,10-11H2,1H3,(H,16,18). The molecule has 0 amide bonds. The van der Waals surface area contributed by atoms with Crippen molar-refractivity contribution >= 4 is 5.82 Å². The van der Waals surface area contributed by atoms with Crippen LogP contribution in [0.15, 0.2) is 12.4 Å². The highest BCUT2D eigenvalue weighted by atomic mass is 15.2. The number of nitrogens with zero attached hydrogens (tertiary/aromatic N) is 3. The van der Waals surface area contributed by atoms with Gasteiger partial charge in [0, 0.05) is 25.7 Å². The SMILES string of the molecule is CCCNc1cnc(CN(CC2CC2)C2CC2)cn1. The first-order chi connectivity index (χ1) is 9.35. The zero-order valence-electron chi connectivity index (χ0n) is 11.8. The fourth-order valence-corrected chi connectivity index (χ4v) is 2.40. The molecule has 0 aliphatic heterocycles. The summed E-state index contributed by atoms with van der Waals surface area (Å²) in [5.74, 6) is 1.85. The molecule has 1 heterocycles.